The first-order valence-corrected chi connectivity index (χ1v) is 11.1. The van der Waals surface area contributed by atoms with Gasteiger partial charge in [0.15, 0.2) is 0 Å². The van der Waals surface area contributed by atoms with Crippen LogP contribution in [0.3, 0.4) is 0 Å². The third-order valence-corrected chi connectivity index (χ3v) is 6.92. The van der Waals surface area contributed by atoms with Crippen LogP contribution in [0.5, 0.6) is 0 Å². The van der Waals surface area contributed by atoms with Gasteiger partial charge in [-0.25, -0.2) is 0 Å². The maximum Gasteiger partial charge on any atom is 0.227 e. The SMILES string of the molecule is CN1CCCC(C(=O)N(C)Cc2ccc(NC3Cc4ccccc4C3(C)C)cn2)C1. The summed E-state index contributed by atoms with van der Waals surface area (Å²) in [5, 5.41) is 3.69. The van der Waals surface area contributed by atoms with Gasteiger partial charge in [0.2, 0.25) is 5.91 Å². The molecule has 1 saturated heterocycles. The monoisotopic (exact) mass is 406 g/mol. The highest BCUT2D eigenvalue weighted by Crippen LogP contribution is 2.39. The number of hydrogen-bond acceptors (Lipinski definition) is 4. The van der Waals surface area contributed by atoms with Crippen LogP contribution in [-0.4, -0.2) is 53.9 Å². The largest absolute Gasteiger partial charge is 0.380 e. The Morgan fingerprint density at radius 2 is 2.07 bits per heavy atom. The van der Waals surface area contributed by atoms with Crippen molar-refractivity contribution in [2.45, 2.75) is 51.1 Å². The number of amides is 1. The number of fused-ring (bicyclic) bond motifs is 1. The first-order valence-electron chi connectivity index (χ1n) is 11.1. The second kappa shape index (κ2) is 8.38. The molecular formula is C25H34N4O. The molecule has 1 amide bonds. The molecule has 0 saturated carbocycles. The smallest absolute Gasteiger partial charge is 0.227 e. The first kappa shape index (κ1) is 20.9. The Hall–Kier alpha value is -2.40. The topological polar surface area (TPSA) is 48.5 Å². The number of pyridine rings is 1. The lowest BCUT2D eigenvalue weighted by atomic mass is 9.83. The van der Waals surface area contributed by atoms with Gasteiger partial charge in [-0.15, -0.1) is 0 Å². The van der Waals surface area contributed by atoms with Crippen LogP contribution in [0.1, 0.15) is 43.5 Å². The van der Waals surface area contributed by atoms with Crippen LogP contribution >= 0.6 is 0 Å². The normalized spacial score (nSPS) is 23.1. The molecule has 2 heterocycles. The zero-order valence-electron chi connectivity index (χ0n) is 18.7. The maximum atomic E-state index is 12.8. The Balaban J connectivity index is 1.36. The molecule has 1 aliphatic carbocycles. The van der Waals surface area contributed by atoms with Crippen LogP contribution in [0.2, 0.25) is 0 Å². The Kier molecular flexibility index (Phi) is 5.83. The molecule has 1 N–H and O–H groups in total. The molecule has 0 spiro atoms. The zero-order chi connectivity index (χ0) is 21.3. The van der Waals surface area contributed by atoms with Crippen molar-refractivity contribution in [2.75, 3.05) is 32.5 Å². The molecule has 1 fully saturated rings. The zero-order valence-corrected chi connectivity index (χ0v) is 18.7. The third kappa shape index (κ3) is 4.22. The number of benzene rings is 1. The van der Waals surface area contributed by atoms with E-state index in [0.717, 1.165) is 43.7 Å². The third-order valence-electron chi connectivity index (χ3n) is 6.92. The standard InChI is InChI=1S/C25H34N4O/c1-25(2)22-10-6-5-8-18(22)14-23(25)27-20-11-12-21(26-15-20)17-29(4)24(30)19-9-7-13-28(3)16-19/h5-6,8,10-12,15,19,23,27H,7,9,13-14,16-17H2,1-4H3. The van der Waals surface area contributed by atoms with Crippen molar-refractivity contribution >= 4 is 11.6 Å². The minimum absolute atomic E-state index is 0.0784. The molecule has 30 heavy (non-hydrogen) atoms. The number of aromatic nitrogens is 1. The van der Waals surface area contributed by atoms with E-state index < -0.39 is 0 Å². The average molecular weight is 407 g/mol. The van der Waals surface area contributed by atoms with Crippen molar-refractivity contribution in [3.8, 4) is 0 Å². The molecule has 5 nitrogen and oxygen atoms in total. The van der Waals surface area contributed by atoms with Crippen LogP contribution in [-0.2, 0) is 23.2 Å². The van der Waals surface area contributed by atoms with Crippen LogP contribution in [0.4, 0.5) is 5.69 Å². The summed E-state index contributed by atoms with van der Waals surface area (Å²) in [5.41, 5.74) is 4.90. The molecule has 1 aromatic carbocycles. The lowest BCUT2D eigenvalue weighted by Gasteiger charge is -2.31. The molecule has 0 radical (unpaired) electrons. The number of likely N-dealkylation sites (tertiary alicyclic amines) is 1. The lowest BCUT2D eigenvalue weighted by Crippen LogP contribution is -2.42. The van der Waals surface area contributed by atoms with Crippen LogP contribution in [0.25, 0.3) is 0 Å². The van der Waals surface area contributed by atoms with Crippen molar-refractivity contribution in [2.24, 2.45) is 5.92 Å². The first-order chi connectivity index (χ1) is 14.3. The van der Waals surface area contributed by atoms with Gasteiger partial charge in [-0.2, -0.15) is 0 Å². The predicted octanol–water partition coefficient (Wildman–Crippen LogP) is 3.70. The molecule has 1 aromatic heterocycles. The molecule has 2 atom stereocenters. The highest BCUT2D eigenvalue weighted by Gasteiger charge is 2.39. The number of carbonyl (C=O) groups is 1. The van der Waals surface area contributed by atoms with Gasteiger partial charge in [0, 0.05) is 25.0 Å². The van der Waals surface area contributed by atoms with Crippen molar-refractivity contribution in [3.63, 3.8) is 0 Å². The average Bonchev–Trinajstić information content (AvgIpc) is 2.99. The molecule has 4 rings (SSSR count). The molecule has 5 heteroatoms. The van der Waals surface area contributed by atoms with E-state index >= 15 is 0 Å². The highest BCUT2D eigenvalue weighted by atomic mass is 16.2. The van der Waals surface area contributed by atoms with E-state index in [1.165, 1.54) is 11.1 Å². The van der Waals surface area contributed by atoms with E-state index in [-0.39, 0.29) is 17.2 Å². The van der Waals surface area contributed by atoms with E-state index in [2.05, 4.69) is 66.4 Å². The molecule has 1 aliphatic heterocycles. The summed E-state index contributed by atoms with van der Waals surface area (Å²) in [7, 11) is 3.99. The molecular weight excluding hydrogens is 372 g/mol. The van der Waals surface area contributed by atoms with Gasteiger partial charge in [0.1, 0.15) is 0 Å². The minimum Gasteiger partial charge on any atom is -0.380 e. The van der Waals surface area contributed by atoms with Gasteiger partial charge in [0.25, 0.3) is 0 Å². The summed E-state index contributed by atoms with van der Waals surface area (Å²) in [6.45, 7) is 7.12. The van der Waals surface area contributed by atoms with E-state index in [1.54, 1.807) is 0 Å². The summed E-state index contributed by atoms with van der Waals surface area (Å²) < 4.78 is 0. The van der Waals surface area contributed by atoms with Crippen molar-refractivity contribution < 1.29 is 4.79 Å². The molecule has 160 valence electrons. The fourth-order valence-corrected chi connectivity index (χ4v) is 5.03. The Morgan fingerprint density at radius 3 is 2.77 bits per heavy atom. The minimum atomic E-state index is 0.0784. The van der Waals surface area contributed by atoms with E-state index in [4.69, 9.17) is 0 Å². The van der Waals surface area contributed by atoms with Gasteiger partial charge in [-0.05, 0) is 56.1 Å². The molecule has 2 aromatic rings. The molecule has 2 aliphatic rings. The van der Waals surface area contributed by atoms with Crippen LogP contribution in [0, 0.1) is 5.92 Å². The number of carbonyl (C=O) groups excluding carboxylic acids is 1. The summed E-state index contributed by atoms with van der Waals surface area (Å²) in [4.78, 5) is 21.5. The summed E-state index contributed by atoms with van der Waals surface area (Å²) in [6.07, 6.45) is 5.02. The van der Waals surface area contributed by atoms with E-state index in [9.17, 15) is 4.79 Å². The summed E-state index contributed by atoms with van der Waals surface area (Å²) in [6, 6.07) is 13.2. The van der Waals surface area contributed by atoms with Gasteiger partial charge < -0.3 is 15.1 Å². The summed E-state index contributed by atoms with van der Waals surface area (Å²) >= 11 is 0. The van der Waals surface area contributed by atoms with E-state index in [1.807, 2.05) is 24.2 Å². The number of anilines is 1. The van der Waals surface area contributed by atoms with Gasteiger partial charge in [0.05, 0.1) is 30.0 Å². The van der Waals surface area contributed by atoms with Crippen molar-refractivity contribution in [3.05, 3.63) is 59.4 Å². The fourth-order valence-electron chi connectivity index (χ4n) is 5.03. The van der Waals surface area contributed by atoms with Crippen molar-refractivity contribution in [1.29, 1.82) is 0 Å². The number of rotatable bonds is 5. The van der Waals surface area contributed by atoms with Crippen LogP contribution < -0.4 is 5.32 Å². The second-order valence-electron chi connectivity index (χ2n) is 9.61. The predicted molar refractivity (Wildman–Crippen MR) is 122 cm³/mol. The van der Waals surface area contributed by atoms with Gasteiger partial charge >= 0.3 is 0 Å². The van der Waals surface area contributed by atoms with Gasteiger partial charge in [-0.1, -0.05) is 38.1 Å². The second-order valence-corrected chi connectivity index (χ2v) is 9.61. The molecule has 2 unspecified atom stereocenters. The van der Waals surface area contributed by atoms with Gasteiger partial charge in [-0.3, -0.25) is 9.78 Å². The summed E-state index contributed by atoms with van der Waals surface area (Å²) in [5.74, 6) is 0.344. The number of nitrogens with one attached hydrogen (secondary N) is 1. The Labute approximate surface area is 180 Å². The number of nitrogens with zero attached hydrogens (tertiary/aromatic N) is 3. The van der Waals surface area contributed by atoms with E-state index in [0.29, 0.717) is 12.6 Å². The van der Waals surface area contributed by atoms with Crippen molar-refractivity contribution in [1.82, 2.24) is 14.8 Å². The highest BCUT2D eigenvalue weighted by molar-refractivity contribution is 5.78. The lowest BCUT2D eigenvalue weighted by molar-refractivity contribution is -0.136. The maximum absolute atomic E-state index is 12.8. The number of hydrogen-bond donors (Lipinski definition) is 1. The molecule has 0 bridgehead atoms. The van der Waals surface area contributed by atoms with Crippen LogP contribution in [0.15, 0.2) is 42.6 Å². The number of piperidine rings is 1. The fraction of sp³-hybridized carbons (Fsp3) is 0.520. The Bertz CT molecular complexity index is 892. The Morgan fingerprint density at radius 1 is 1.27 bits per heavy atom. The quantitative estimate of drug-likeness (QED) is 0.823.